The number of nitrogens with zero attached hydrogens (tertiary/aromatic N) is 2. The van der Waals surface area contributed by atoms with Crippen molar-refractivity contribution in [2.45, 2.75) is 13.0 Å². The maximum Gasteiger partial charge on any atom is 0.330 e. The molecular formula is C10H18N4O2. The maximum absolute atomic E-state index is 11.6. The lowest BCUT2D eigenvalue weighted by molar-refractivity contribution is 0.591. The first-order valence-corrected chi connectivity index (χ1v) is 5.24. The van der Waals surface area contributed by atoms with Crippen LogP contribution in [0.2, 0.25) is 0 Å². The summed E-state index contributed by atoms with van der Waals surface area (Å²) in [5, 5.41) is 3.13. The summed E-state index contributed by atoms with van der Waals surface area (Å²) in [5.41, 5.74) is 5.46. The van der Waals surface area contributed by atoms with Crippen molar-refractivity contribution < 1.29 is 0 Å². The molecule has 0 aromatic carbocycles. The number of hydrogen-bond acceptors (Lipinski definition) is 4. The highest BCUT2D eigenvalue weighted by Crippen LogP contribution is 1.89. The second kappa shape index (κ2) is 5.62. The Morgan fingerprint density at radius 1 is 1.31 bits per heavy atom. The molecule has 3 N–H and O–H groups in total. The number of nitrogens with two attached hydrogens (primary N) is 1. The molecule has 90 valence electrons. The van der Waals surface area contributed by atoms with E-state index in [2.05, 4.69) is 5.32 Å². The molecule has 0 unspecified atom stereocenters. The fraction of sp³-hybridized carbons (Fsp3) is 0.600. The van der Waals surface area contributed by atoms with Crippen molar-refractivity contribution >= 4 is 0 Å². The van der Waals surface area contributed by atoms with E-state index in [9.17, 15) is 9.59 Å². The van der Waals surface area contributed by atoms with Gasteiger partial charge in [-0.15, -0.1) is 0 Å². The first-order chi connectivity index (χ1) is 7.57. The maximum atomic E-state index is 11.6. The molecule has 0 saturated heterocycles. The van der Waals surface area contributed by atoms with Crippen LogP contribution in [0.3, 0.4) is 0 Å². The lowest BCUT2D eigenvalue weighted by Gasteiger charge is -2.09. The van der Waals surface area contributed by atoms with Gasteiger partial charge in [-0.2, -0.15) is 0 Å². The highest BCUT2D eigenvalue weighted by molar-refractivity contribution is 5.01. The van der Waals surface area contributed by atoms with Crippen molar-refractivity contribution in [1.82, 2.24) is 14.5 Å². The number of hydrogen-bond donors (Lipinski definition) is 2. The fourth-order valence-corrected chi connectivity index (χ4v) is 1.39. The SMILES string of the molecule is Cn1c(CNCCCN)cc(=O)n(C)c1=O. The van der Waals surface area contributed by atoms with Crippen molar-refractivity contribution in [1.29, 1.82) is 0 Å². The highest BCUT2D eigenvalue weighted by Gasteiger charge is 2.04. The molecule has 0 aliphatic carbocycles. The molecule has 1 heterocycles. The molecule has 1 aromatic rings. The smallest absolute Gasteiger partial charge is 0.330 e. The quantitative estimate of drug-likeness (QED) is 0.600. The minimum atomic E-state index is -0.303. The third-order valence-corrected chi connectivity index (χ3v) is 2.49. The van der Waals surface area contributed by atoms with Crippen LogP contribution in [0, 0.1) is 0 Å². The molecule has 0 aliphatic heterocycles. The lowest BCUT2D eigenvalue weighted by atomic mass is 10.3. The molecule has 0 fully saturated rings. The van der Waals surface area contributed by atoms with Gasteiger partial charge in [0.2, 0.25) is 0 Å². The summed E-state index contributed by atoms with van der Waals surface area (Å²) in [5.74, 6) is 0. The molecule has 0 bridgehead atoms. The predicted molar refractivity (Wildman–Crippen MR) is 62.3 cm³/mol. The lowest BCUT2D eigenvalue weighted by Crippen LogP contribution is -2.39. The average Bonchev–Trinajstić information content (AvgIpc) is 2.28. The van der Waals surface area contributed by atoms with E-state index in [1.807, 2.05) is 0 Å². The largest absolute Gasteiger partial charge is 0.330 e. The summed E-state index contributed by atoms with van der Waals surface area (Å²) in [6.07, 6.45) is 0.874. The third-order valence-electron chi connectivity index (χ3n) is 2.49. The molecule has 1 rings (SSSR count). The van der Waals surface area contributed by atoms with Crippen LogP contribution in [0.25, 0.3) is 0 Å². The summed E-state index contributed by atoms with van der Waals surface area (Å²) in [7, 11) is 3.12. The van der Waals surface area contributed by atoms with Crippen LogP contribution < -0.4 is 22.3 Å². The molecule has 6 heteroatoms. The molecule has 0 aliphatic rings. The third kappa shape index (κ3) is 2.80. The van der Waals surface area contributed by atoms with E-state index >= 15 is 0 Å². The van der Waals surface area contributed by atoms with E-state index in [0.717, 1.165) is 17.5 Å². The zero-order valence-electron chi connectivity index (χ0n) is 9.69. The van der Waals surface area contributed by atoms with Crippen LogP contribution in [-0.2, 0) is 20.6 Å². The second-order valence-corrected chi connectivity index (χ2v) is 3.69. The average molecular weight is 226 g/mol. The Hall–Kier alpha value is -1.40. The van der Waals surface area contributed by atoms with E-state index in [-0.39, 0.29) is 11.2 Å². The Bertz CT molecular complexity index is 461. The van der Waals surface area contributed by atoms with Gasteiger partial charge in [0.1, 0.15) is 0 Å². The number of nitrogens with one attached hydrogen (secondary N) is 1. The Morgan fingerprint density at radius 2 is 2.00 bits per heavy atom. The Kier molecular flexibility index (Phi) is 4.45. The van der Waals surface area contributed by atoms with Crippen molar-refractivity contribution in [2.24, 2.45) is 19.8 Å². The van der Waals surface area contributed by atoms with Crippen molar-refractivity contribution in [3.05, 3.63) is 32.6 Å². The molecule has 0 amide bonds. The van der Waals surface area contributed by atoms with Crippen LogP contribution in [0.4, 0.5) is 0 Å². The molecule has 1 aromatic heterocycles. The van der Waals surface area contributed by atoms with Gasteiger partial charge in [0.05, 0.1) is 0 Å². The summed E-state index contributed by atoms with van der Waals surface area (Å²) in [6, 6.07) is 1.47. The van der Waals surface area contributed by atoms with Gasteiger partial charge in [-0.1, -0.05) is 0 Å². The van der Waals surface area contributed by atoms with E-state index in [1.54, 1.807) is 7.05 Å². The molecule has 0 atom stereocenters. The monoisotopic (exact) mass is 226 g/mol. The van der Waals surface area contributed by atoms with Gasteiger partial charge < -0.3 is 11.1 Å². The molecule has 0 spiro atoms. The molecule has 0 radical (unpaired) electrons. The molecule has 0 saturated carbocycles. The van der Waals surface area contributed by atoms with Crippen molar-refractivity contribution in [3.8, 4) is 0 Å². The molecule has 6 nitrogen and oxygen atoms in total. The number of aromatic nitrogens is 2. The van der Waals surface area contributed by atoms with Gasteiger partial charge in [0.15, 0.2) is 0 Å². The second-order valence-electron chi connectivity index (χ2n) is 3.69. The van der Waals surface area contributed by atoms with Gasteiger partial charge >= 0.3 is 5.69 Å². The minimum Gasteiger partial charge on any atom is -0.330 e. The van der Waals surface area contributed by atoms with Gasteiger partial charge in [0.25, 0.3) is 5.56 Å². The predicted octanol–water partition coefficient (Wildman–Crippen LogP) is -1.48. The van der Waals surface area contributed by atoms with E-state index in [0.29, 0.717) is 18.8 Å². The summed E-state index contributed by atoms with van der Waals surface area (Å²) < 4.78 is 2.56. The Morgan fingerprint density at radius 3 is 2.62 bits per heavy atom. The van der Waals surface area contributed by atoms with E-state index in [4.69, 9.17) is 5.73 Å². The van der Waals surface area contributed by atoms with Crippen LogP contribution in [0.5, 0.6) is 0 Å². The van der Waals surface area contributed by atoms with Crippen molar-refractivity contribution in [3.63, 3.8) is 0 Å². The molecule has 16 heavy (non-hydrogen) atoms. The minimum absolute atomic E-state index is 0.279. The van der Waals surface area contributed by atoms with Gasteiger partial charge in [-0.3, -0.25) is 13.9 Å². The topological polar surface area (TPSA) is 82.1 Å². The van der Waals surface area contributed by atoms with Gasteiger partial charge in [-0.25, -0.2) is 4.79 Å². The summed E-state index contributed by atoms with van der Waals surface area (Å²) >= 11 is 0. The standard InChI is InChI=1S/C10H18N4O2/c1-13-8(7-12-5-3-4-11)6-9(15)14(2)10(13)16/h6,12H,3-5,7,11H2,1-2H3. The van der Waals surface area contributed by atoms with Crippen molar-refractivity contribution in [2.75, 3.05) is 13.1 Å². The fourth-order valence-electron chi connectivity index (χ4n) is 1.39. The zero-order valence-corrected chi connectivity index (χ0v) is 9.69. The Labute approximate surface area is 93.7 Å². The van der Waals surface area contributed by atoms with E-state index < -0.39 is 0 Å². The van der Waals surface area contributed by atoms with Crippen LogP contribution in [0.15, 0.2) is 15.7 Å². The molecular weight excluding hydrogens is 208 g/mol. The first kappa shape index (κ1) is 12.7. The van der Waals surface area contributed by atoms with Crippen LogP contribution in [0.1, 0.15) is 12.1 Å². The first-order valence-electron chi connectivity index (χ1n) is 5.24. The Balaban J connectivity index is 2.82. The normalized spacial score (nSPS) is 10.7. The summed E-state index contributed by atoms with van der Waals surface area (Å²) in [4.78, 5) is 23.0. The summed E-state index contributed by atoms with van der Waals surface area (Å²) in [6.45, 7) is 1.91. The van der Waals surface area contributed by atoms with E-state index in [1.165, 1.54) is 17.7 Å². The number of rotatable bonds is 5. The highest BCUT2D eigenvalue weighted by atomic mass is 16.2. The van der Waals surface area contributed by atoms with Gasteiger partial charge in [0, 0.05) is 32.4 Å². The van der Waals surface area contributed by atoms with Crippen LogP contribution >= 0.6 is 0 Å². The van der Waals surface area contributed by atoms with Gasteiger partial charge in [-0.05, 0) is 19.5 Å². The zero-order chi connectivity index (χ0) is 12.1. The van der Waals surface area contributed by atoms with Crippen LogP contribution in [-0.4, -0.2) is 22.2 Å².